The number of nitrogens with one attached hydrogen (secondary N) is 2. The van der Waals surface area contributed by atoms with Crippen molar-refractivity contribution in [1.29, 1.82) is 0 Å². The molecule has 2 aromatic carbocycles. The molecule has 0 spiro atoms. The van der Waals surface area contributed by atoms with E-state index in [1.54, 1.807) is 33.0 Å². The molecule has 0 fully saturated rings. The zero-order valence-electron chi connectivity index (χ0n) is 16.5. The summed E-state index contributed by atoms with van der Waals surface area (Å²) < 4.78 is 19.3. The van der Waals surface area contributed by atoms with Crippen molar-refractivity contribution in [2.75, 3.05) is 7.05 Å². The standard InChI is InChI=1S/C21H19ClFN3O4/c1-11(13-4-6-14(7-5-13)21(28)29)24-19(27)18-12(2)25-26(3)20(18)30-17-10-15(23)8-9-16(17)22/h4-11H,1-3H3,(H,24,27)(H,28,29)/p+1/t11-/m0/s1. The molecular weight excluding hydrogens is 413 g/mol. The summed E-state index contributed by atoms with van der Waals surface area (Å²) >= 11 is 6.08. The van der Waals surface area contributed by atoms with Crippen LogP contribution in [0.15, 0.2) is 59.0 Å². The van der Waals surface area contributed by atoms with Gasteiger partial charge in [0.2, 0.25) is 0 Å². The monoisotopic (exact) mass is 432 g/mol. The molecule has 2 aromatic rings. The Labute approximate surface area is 177 Å². The van der Waals surface area contributed by atoms with Crippen molar-refractivity contribution in [3.8, 4) is 5.75 Å². The third kappa shape index (κ3) is 4.50. The molecule has 0 aromatic heterocycles. The molecule has 0 saturated carbocycles. The first-order valence-electron chi connectivity index (χ1n) is 9.08. The van der Waals surface area contributed by atoms with Crippen LogP contribution < -0.4 is 15.1 Å². The fraction of sp³-hybridized carbons (Fsp3) is 0.190. The van der Waals surface area contributed by atoms with E-state index in [2.05, 4.69) is 10.4 Å². The first-order valence-corrected chi connectivity index (χ1v) is 9.46. The van der Waals surface area contributed by atoms with Crippen LogP contribution in [0, 0.1) is 5.82 Å². The van der Waals surface area contributed by atoms with Crippen LogP contribution in [0.2, 0.25) is 5.02 Å². The number of quaternary nitrogens is 1. The van der Waals surface area contributed by atoms with E-state index in [1.165, 1.54) is 24.3 Å². The summed E-state index contributed by atoms with van der Waals surface area (Å²) in [5.41, 5.74) is 1.58. The van der Waals surface area contributed by atoms with Crippen molar-refractivity contribution in [2.24, 2.45) is 5.10 Å². The topological polar surface area (TPSA) is 92.4 Å². The second-order valence-electron chi connectivity index (χ2n) is 6.79. The number of aromatic carboxylic acids is 1. The van der Waals surface area contributed by atoms with Gasteiger partial charge in [-0.15, -0.1) is 5.01 Å². The number of carbonyl (C=O) groups excluding carboxylic acids is 1. The second-order valence-corrected chi connectivity index (χ2v) is 7.19. The molecule has 2 atom stereocenters. The van der Waals surface area contributed by atoms with E-state index in [0.29, 0.717) is 10.7 Å². The van der Waals surface area contributed by atoms with Gasteiger partial charge in [0.25, 0.3) is 5.91 Å². The molecule has 30 heavy (non-hydrogen) atoms. The van der Waals surface area contributed by atoms with Crippen molar-refractivity contribution in [3.63, 3.8) is 0 Å². The Bertz CT molecular complexity index is 1070. The number of hydrogen-bond donors (Lipinski definition) is 3. The van der Waals surface area contributed by atoms with Gasteiger partial charge in [0, 0.05) is 6.07 Å². The summed E-state index contributed by atoms with van der Waals surface area (Å²) in [5.74, 6) is -1.69. The smallest absolute Gasteiger partial charge is 0.337 e. The van der Waals surface area contributed by atoms with Crippen molar-refractivity contribution < 1.29 is 28.8 Å². The van der Waals surface area contributed by atoms with E-state index >= 15 is 0 Å². The van der Waals surface area contributed by atoms with Gasteiger partial charge in [-0.25, -0.2) is 9.18 Å². The highest BCUT2D eigenvalue weighted by Crippen LogP contribution is 2.27. The lowest BCUT2D eigenvalue weighted by molar-refractivity contribution is -0.857. The summed E-state index contributed by atoms with van der Waals surface area (Å²) in [4.78, 5) is 24.0. The van der Waals surface area contributed by atoms with E-state index in [4.69, 9.17) is 21.4 Å². The fourth-order valence-electron chi connectivity index (χ4n) is 3.03. The minimum Gasteiger partial charge on any atom is -0.478 e. The Morgan fingerprint density at radius 3 is 2.53 bits per heavy atom. The minimum atomic E-state index is -1.02. The molecule has 7 nitrogen and oxygen atoms in total. The zero-order chi connectivity index (χ0) is 22.0. The lowest BCUT2D eigenvalue weighted by Crippen LogP contribution is -3.02. The van der Waals surface area contributed by atoms with Gasteiger partial charge in [-0.2, -0.15) is 0 Å². The molecule has 0 aliphatic carbocycles. The molecule has 0 radical (unpaired) electrons. The van der Waals surface area contributed by atoms with Crippen molar-refractivity contribution in [2.45, 2.75) is 19.9 Å². The average Bonchev–Trinajstić information content (AvgIpc) is 2.97. The molecule has 1 amide bonds. The first-order chi connectivity index (χ1) is 14.2. The van der Waals surface area contributed by atoms with E-state index in [-0.39, 0.29) is 27.8 Å². The molecule has 156 valence electrons. The van der Waals surface area contributed by atoms with Crippen LogP contribution in [-0.4, -0.2) is 29.7 Å². The predicted octanol–water partition coefficient (Wildman–Crippen LogP) is 2.55. The zero-order valence-corrected chi connectivity index (χ0v) is 17.2. The lowest BCUT2D eigenvalue weighted by Gasteiger charge is -2.15. The number of amides is 1. The van der Waals surface area contributed by atoms with Gasteiger partial charge in [-0.05, 0) is 43.7 Å². The maximum absolute atomic E-state index is 13.6. The van der Waals surface area contributed by atoms with E-state index in [0.717, 1.165) is 11.6 Å². The maximum Gasteiger partial charge on any atom is 0.337 e. The molecule has 3 N–H and O–H groups in total. The van der Waals surface area contributed by atoms with Crippen LogP contribution >= 0.6 is 11.6 Å². The SMILES string of the molecule is CC1=N[NH+](C)C(Oc2cc(F)ccc2Cl)=C1C(=O)N[C@@H](C)c1ccc(C(=O)O)cc1. The third-order valence-corrected chi connectivity index (χ3v) is 4.90. The van der Waals surface area contributed by atoms with Gasteiger partial charge in [0.05, 0.1) is 23.7 Å². The maximum atomic E-state index is 13.6. The Morgan fingerprint density at radius 1 is 1.23 bits per heavy atom. The molecule has 1 aliphatic heterocycles. The number of benzene rings is 2. The van der Waals surface area contributed by atoms with Crippen LogP contribution in [0.1, 0.15) is 35.8 Å². The van der Waals surface area contributed by atoms with E-state index < -0.39 is 23.7 Å². The van der Waals surface area contributed by atoms with Gasteiger partial charge >= 0.3 is 11.9 Å². The Kier molecular flexibility index (Phi) is 6.19. The number of carbonyl (C=O) groups is 2. The van der Waals surface area contributed by atoms with Crippen LogP contribution in [-0.2, 0) is 4.79 Å². The van der Waals surface area contributed by atoms with Crippen LogP contribution in [0.3, 0.4) is 0 Å². The van der Waals surface area contributed by atoms with Crippen molar-refractivity contribution in [3.05, 3.63) is 75.9 Å². The highest BCUT2D eigenvalue weighted by Gasteiger charge is 2.35. The van der Waals surface area contributed by atoms with Gasteiger partial charge in [-0.3, -0.25) is 4.79 Å². The molecule has 9 heteroatoms. The molecule has 1 aliphatic rings. The normalized spacial score (nSPS) is 16.8. The molecule has 0 saturated heterocycles. The van der Waals surface area contributed by atoms with E-state index in [9.17, 15) is 14.0 Å². The summed E-state index contributed by atoms with van der Waals surface area (Å²) in [6.45, 7) is 3.45. The Balaban J connectivity index is 1.84. The minimum absolute atomic E-state index is 0.0820. The van der Waals surface area contributed by atoms with Crippen LogP contribution in [0.4, 0.5) is 4.39 Å². The predicted molar refractivity (Wildman–Crippen MR) is 109 cm³/mol. The van der Waals surface area contributed by atoms with Crippen LogP contribution in [0.5, 0.6) is 5.75 Å². The number of halogens is 2. The Morgan fingerprint density at radius 2 is 1.90 bits per heavy atom. The largest absolute Gasteiger partial charge is 0.478 e. The van der Waals surface area contributed by atoms with Crippen LogP contribution in [0.25, 0.3) is 0 Å². The molecule has 1 heterocycles. The summed E-state index contributed by atoms with van der Waals surface area (Å²) in [6, 6.07) is 9.54. The average molecular weight is 433 g/mol. The number of ether oxygens (including phenoxy) is 1. The van der Waals surface area contributed by atoms with Crippen molar-refractivity contribution >= 4 is 29.2 Å². The highest BCUT2D eigenvalue weighted by molar-refractivity contribution is 6.32. The third-order valence-electron chi connectivity index (χ3n) is 4.59. The molecule has 3 rings (SSSR count). The summed E-state index contributed by atoms with van der Waals surface area (Å²) in [6.07, 6.45) is 0. The molecular formula is C21H20ClFN3O4+. The first kappa shape index (κ1) is 21.5. The number of rotatable bonds is 6. The number of carboxylic acids is 1. The van der Waals surface area contributed by atoms with Gasteiger partial charge < -0.3 is 15.2 Å². The van der Waals surface area contributed by atoms with Gasteiger partial charge in [0.1, 0.15) is 11.5 Å². The molecule has 0 bridgehead atoms. The highest BCUT2D eigenvalue weighted by atomic mass is 35.5. The Hall–Kier alpha value is -3.23. The molecule has 1 unspecified atom stereocenters. The number of nitrogens with zero attached hydrogens (tertiary/aromatic N) is 1. The van der Waals surface area contributed by atoms with Gasteiger partial charge in [0.15, 0.2) is 11.3 Å². The fourth-order valence-corrected chi connectivity index (χ4v) is 3.18. The second kappa shape index (κ2) is 8.64. The van der Waals surface area contributed by atoms with Gasteiger partial charge in [-0.1, -0.05) is 28.8 Å². The number of carboxylic acid groups (broad SMARTS) is 1. The summed E-state index contributed by atoms with van der Waals surface area (Å²) in [5, 5.41) is 16.8. The summed E-state index contributed by atoms with van der Waals surface area (Å²) in [7, 11) is 1.68. The number of hydrogen-bond acceptors (Lipinski definition) is 4. The van der Waals surface area contributed by atoms with Crippen molar-refractivity contribution in [1.82, 2.24) is 5.32 Å². The van der Waals surface area contributed by atoms with E-state index in [1.807, 2.05) is 0 Å². The lowest BCUT2D eigenvalue weighted by atomic mass is 10.0. The quantitative estimate of drug-likeness (QED) is 0.654.